The standard InChI is InChI=1S/C21H22N2O4/c1-14-20(15(2)27-23-14)13-26-19-9-7-17(8-10-19)21(24)22-18-6-4-5-16(11-18)12-25-3/h4-11H,12-13H2,1-3H3,(H,22,24). The highest BCUT2D eigenvalue weighted by Crippen LogP contribution is 2.19. The second-order valence-electron chi connectivity index (χ2n) is 6.20. The number of anilines is 1. The van der Waals surface area contributed by atoms with Crippen molar-refractivity contribution in [2.24, 2.45) is 0 Å². The SMILES string of the molecule is COCc1cccc(NC(=O)c2ccc(OCc3c(C)noc3C)cc2)c1. The van der Waals surface area contributed by atoms with E-state index in [2.05, 4.69) is 10.5 Å². The second kappa shape index (κ2) is 8.51. The molecule has 0 aliphatic carbocycles. The number of carbonyl (C=O) groups excluding carboxylic acids is 1. The average molecular weight is 366 g/mol. The van der Waals surface area contributed by atoms with Crippen LogP contribution in [0.25, 0.3) is 0 Å². The Bertz CT molecular complexity index is 897. The van der Waals surface area contributed by atoms with Crippen molar-refractivity contribution in [3.8, 4) is 5.75 Å². The van der Waals surface area contributed by atoms with Crippen LogP contribution in [0.3, 0.4) is 0 Å². The molecule has 0 unspecified atom stereocenters. The smallest absolute Gasteiger partial charge is 0.255 e. The molecule has 0 bridgehead atoms. The lowest BCUT2D eigenvalue weighted by atomic mass is 10.1. The minimum Gasteiger partial charge on any atom is -0.489 e. The van der Waals surface area contributed by atoms with Crippen molar-refractivity contribution in [3.05, 3.63) is 76.7 Å². The van der Waals surface area contributed by atoms with Crippen LogP contribution >= 0.6 is 0 Å². The normalized spacial score (nSPS) is 10.6. The summed E-state index contributed by atoms with van der Waals surface area (Å²) in [7, 11) is 1.64. The van der Waals surface area contributed by atoms with Crippen LogP contribution < -0.4 is 10.1 Å². The van der Waals surface area contributed by atoms with E-state index in [4.69, 9.17) is 14.0 Å². The molecule has 1 aromatic heterocycles. The number of amides is 1. The molecule has 0 aliphatic heterocycles. The van der Waals surface area contributed by atoms with E-state index >= 15 is 0 Å². The van der Waals surface area contributed by atoms with E-state index in [1.54, 1.807) is 31.4 Å². The monoisotopic (exact) mass is 366 g/mol. The molecule has 0 saturated carbocycles. The van der Waals surface area contributed by atoms with Crippen LogP contribution in [-0.2, 0) is 18.0 Å². The van der Waals surface area contributed by atoms with Gasteiger partial charge in [0.25, 0.3) is 5.91 Å². The van der Waals surface area contributed by atoms with Gasteiger partial charge in [0, 0.05) is 18.4 Å². The largest absolute Gasteiger partial charge is 0.489 e. The highest BCUT2D eigenvalue weighted by atomic mass is 16.5. The molecule has 0 radical (unpaired) electrons. The fraction of sp³-hybridized carbons (Fsp3) is 0.238. The molecule has 0 aliphatic rings. The van der Waals surface area contributed by atoms with Crippen molar-refractivity contribution < 1.29 is 18.8 Å². The van der Waals surface area contributed by atoms with Gasteiger partial charge in [0.15, 0.2) is 0 Å². The van der Waals surface area contributed by atoms with Crippen LogP contribution in [0.1, 0.15) is 32.9 Å². The summed E-state index contributed by atoms with van der Waals surface area (Å²) in [6, 6.07) is 14.6. The number of nitrogens with one attached hydrogen (secondary N) is 1. The minimum absolute atomic E-state index is 0.179. The quantitative estimate of drug-likeness (QED) is 0.676. The fourth-order valence-electron chi connectivity index (χ4n) is 2.67. The Morgan fingerprint density at radius 3 is 2.56 bits per heavy atom. The predicted molar refractivity (Wildman–Crippen MR) is 102 cm³/mol. The number of nitrogens with zero attached hydrogens (tertiary/aromatic N) is 1. The molecule has 27 heavy (non-hydrogen) atoms. The molecule has 1 N–H and O–H groups in total. The summed E-state index contributed by atoms with van der Waals surface area (Å²) in [4.78, 5) is 12.4. The number of aryl methyl sites for hydroxylation is 2. The summed E-state index contributed by atoms with van der Waals surface area (Å²) in [6.07, 6.45) is 0. The first kappa shape index (κ1) is 18.7. The highest BCUT2D eigenvalue weighted by Gasteiger charge is 2.10. The van der Waals surface area contributed by atoms with E-state index in [9.17, 15) is 4.79 Å². The van der Waals surface area contributed by atoms with Gasteiger partial charge in [-0.05, 0) is 55.8 Å². The predicted octanol–water partition coefficient (Wildman–Crippen LogP) is 4.27. The van der Waals surface area contributed by atoms with Crippen LogP contribution in [-0.4, -0.2) is 18.2 Å². The van der Waals surface area contributed by atoms with E-state index in [1.165, 1.54) is 0 Å². The fourth-order valence-corrected chi connectivity index (χ4v) is 2.67. The van der Waals surface area contributed by atoms with Crippen LogP contribution in [0.4, 0.5) is 5.69 Å². The van der Waals surface area contributed by atoms with Crippen molar-refractivity contribution in [2.75, 3.05) is 12.4 Å². The number of benzene rings is 2. The number of ether oxygens (including phenoxy) is 2. The molecule has 3 rings (SSSR count). The van der Waals surface area contributed by atoms with Gasteiger partial charge < -0.3 is 19.3 Å². The lowest BCUT2D eigenvalue weighted by Gasteiger charge is -2.09. The number of methoxy groups -OCH3 is 1. The molecule has 1 heterocycles. The molecule has 0 atom stereocenters. The van der Waals surface area contributed by atoms with Crippen molar-refractivity contribution in [2.45, 2.75) is 27.1 Å². The molecule has 3 aromatic rings. The zero-order valence-electron chi connectivity index (χ0n) is 15.6. The van der Waals surface area contributed by atoms with E-state index < -0.39 is 0 Å². The van der Waals surface area contributed by atoms with Crippen LogP contribution in [0.2, 0.25) is 0 Å². The third kappa shape index (κ3) is 4.74. The van der Waals surface area contributed by atoms with Crippen LogP contribution in [0.15, 0.2) is 53.1 Å². The van der Waals surface area contributed by atoms with Gasteiger partial charge >= 0.3 is 0 Å². The Labute approximate surface area is 158 Å². The Kier molecular flexibility index (Phi) is 5.88. The number of hydrogen-bond donors (Lipinski definition) is 1. The maximum atomic E-state index is 12.4. The lowest BCUT2D eigenvalue weighted by molar-refractivity contribution is 0.102. The van der Waals surface area contributed by atoms with Crippen molar-refractivity contribution in [1.29, 1.82) is 0 Å². The van der Waals surface area contributed by atoms with Crippen molar-refractivity contribution in [1.82, 2.24) is 5.16 Å². The maximum Gasteiger partial charge on any atom is 0.255 e. The van der Waals surface area contributed by atoms with Gasteiger partial charge in [-0.3, -0.25) is 4.79 Å². The number of carbonyl (C=O) groups is 1. The summed E-state index contributed by atoms with van der Waals surface area (Å²) >= 11 is 0. The van der Waals surface area contributed by atoms with Gasteiger partial charge in [-0.15, -0.1) is 0 Å². The van der Waals surface area contributed by atoms with Gasteiger partial charge in [-0.25, -0.2) is 0 Å². The Morgan fingerprint density at radius 2 is 1.89 bits per heavy atom. The molecule has 6 nitrogen and oxygen atoms in total. The summed E-state index contributed by atoms with van der Waals surface area (Å²) in [5.74, 6) is 1.25. The third-order valence-electron chi connectivity index (χ3n) is 4.18. The molecule has 0 fully saturated rings. The number of rotatable bonds is 7. The zero-order valence-corrected chi connectivity index (χ0v) is 15.6. The van der Waals surface area contributed by atoms with Crippen LogP contribution in [0.5, 0.6) is 5.75 Å². The lowest BCUT2D eigenvalue weighted by Crippen LogP contribution is -2.12. The molecular formula is C21H22N2O4. The molecule has 1 amide bonds. The molecule has 6 heteroatoms. The Hall–Kier alpha value is -3.12. The van der Waals surface area contributed by atoms with Crippen LogP contribution in [0, 0.1) is 13.8 Å². The molecule has 2 aromatic carbocycles. The Morgan fingerprint density at radius 1 is 1.11 bits per heavy atom. The molecular weight excluding hydrogens is 344 g/mol. The van der Waals surface area contributed by atoms with E-state index in [1.807, 2.05) is 38.1 Å². The minimum atomic E-state index is -0.179. The van der Waals surface area contributed by atoms with Gasteiger partial charge in [0.2, 0.25) is 0 Å². The van der Waals surface area contributed by atoms with Crippen molar-refractivity contribution in [3.63, 3.8) is 0 Å². The summed E-state index contributed by atoms with van der Waals surface area (Å²) in [5, 5.41) is 6.80. The number of aromatic nitrogens is 1. The topological polar surface area (TPSA) is 73.6 Å². The summed E-state index contributed by atoms with van der Waals surface area (Å²) in [6.45, 7) is 4.61. The van der Waals surface area contributed by atoms with Gasteiger partial charge in [0.05, 0.1) is 17.9 Å². The zero-order chi connectivity index (χ0) is 19.2. The molecule has 0 spiro atoms. The van der Waals surface area contributed by atoms with Crippen molar-refractivity contribution >= 4 is 11.6 Å². The van der Waals surface area contributed by atoms with Gasteiger partial charge in [-0.2, -0.15) is 0 Å². The number of hydrogen-bond acceptors (Lipinski definition) is 5. The van der Waals surface area contributed by atoms with E-state index in [-0.39, 0.29) is 5.91 Å². The first-order chi connectivity index (χ1) is 13.1. The molecule has 140 valence electrons. The summed E-state index contributed by atoms with van der Waals surface area (Å²) in [5.41, 5.74) is 4.04. The average Bonchev–Trinajstić information content (AvgIpc) is 2.99. The van der Waals surface area contributed by atoms with E-state index in [0.717, 1.165) is 28.3 Å². The maximum absolute atomic E-state index is 12.4. The highest BCUT2D eigenvalue weighted by molar-refractivity contribution is 6.04. The Balaban J connectivity index is 1.61. The first-order valence-corrected chi connectivity index (χ1v) is 8.60. The molecule has 0 saturated heterocycles. The first-order valence-electron chi connectivity index (χ1n) is 8.60. The van der Waals surface area contributed by atoms with Gasteiger partial charge in [0.1, 0.15) is 18.1 Å². The van der Waals surface area contributed by atoms with Gasteiger partial charge in [-0.1, -0.05) is 17.3 Å². The summed E-state index contributed by atoms with van der Waals surface area (Å²) < 4.78 is 16.0. The third-order valence-corrected chi connectivity index (χ3v) is 4.18. The van der Waals surface area contributed by atoms with E-state index in [0.29, 0.717) is 24.5 Å². The second-order valence-corrected chi connectivity index (χ2v) is 6.20.